The van der Waals surface area contributed by atoms with E-state index in [4.69, 9.17) is 11.6 Å². The van der Waals surface area contributed by atoms with Crippen LogP contribution in [0.25, 0.3) is 0 Å². The van der Waals surface area contributed by atoms with Crippen LogP contribution < -0.4 is 5.32 Å². The zero-order chi connectivity index (χ0) is 14.3. The Morgan fingerprint density at radius 1 is 1.30 bits per heavy atom. The van der Waals surface area contributed by atoms with Crippen molar-refractivity contribution in [3.63, 3.8) is 0 Å². The van der Waals surface area contributed by atoms with Gasteiger partial charge in [-0.3, -0.25) is 4.79 Å². The van der Waals surface area contributed by atoms with Crippen molar-refractivity contribution in [1.82, 2.24) is 10.2 Å². The number of rotatable bonds is 2. The molecule has 2 aliphatic rings. The van der Waals surface area contributed by atoms with Gasteiger partial charge >= 0.3 is 0 Å². The number of nitrogens with zero attached hydrogens (tertiary/aromatic N) is 1. The average molecular weight is 293 g/mol. The van der Waals surface area contributed by atoms with Gasteiger partial charge in [0.25, 0.3) is 5.91 Å². The second-order valence-electron chi connectivity index (χ2n) is 6.09. The molecule has 0 saturated carbocycles. The minimum atomic E-state index is 0.0938. The average Bonchev–Trinajstić information content (AvgIpc) is 2.79. The lowest BCUT2D eigenvalue weighted by Crippen LogP contribution is -2.48. The van der Waals surface area contributed by atoms with E-state index in [2.05, 4.69) is 5.32 Å². The summed E-state index contributed by atoms with van der Waals surface area (Å²) in [5.74, 6) is 0.0938. The zero-order valence-electron chi connectivity index (χ0n) is 12.0. The van der Waals surface area contributed by atoms with Crippen molar-refractivity contribution in [1.29, 1.82) is 0 Å². The van der Waals surface area contributed by atoms with E-state index >= 15 is 0 Å². The number of halogens is 1. The van der Waals surface area contributed by atoms with Gasteiger partial charge in [0.1, 0.15) is 0 Å². The van der Waals surface area contributed by atoms with Gasteiger partial charge in [-0.15, -0.1) is 0 Å². The van der Waals surface area contributed by atoms with E-state index in [1.807, 2.05) is 37.1 Å². The summed E-state index contributed by atoms with van der Waals surface area (Å²) in [4.78, 5) is 14.6. The second-order valence-corrected chi connectivity index (χ2v) is 6.50. The lowest BCUT2D eigenvalue weighted by Gasteiger charge is -2.35. The number of piperidine rings is 1. The number of amides is 1. The molecule has 2 unspecified atom stereocenters. The Kier molecular flexibility index (Phi) is 3.74. The zero-order valence-corrected chi connectivity index (χ0v) is 12.8. The second kappa shape index (κ2) is 5.38. The van der Waals surface area contributed by atoms with Crippen LogP contribution in [0.5, 0.6) is 0 Å². The number of fused-ring (bicyclic) bond motifs is 2. The molecule has 2 fully saturated rings. The van der Waals surface area contributed by atoms with Crippen LogP contribution in [0.4, 0.5) is 0 Å². The summed E-state index contributed by atoms with van der Waals surface area (Å²) in [6.07, 6.45) is 4.63. The minimum absolute atomic E-state index is 0.0938. The van der Waals surface area contributed by atoms with E-state index in [1.165, 1.54) is 12.8 Å². The van der Waals surface area contributed by atoms with E-state index in [0.29, 0.717) is 23.1 Å². The smallest absolute Gasteiger partial charge is 0.254 e. The Labute approximate surface area is 125 Å². The first-order chi connectivity index (χ1) is 9.56. The van der Waals surface area contributed by atoms with Gasteiger partial charge in [0.15, 0.2) is 0 Å². The first-order valence-electron chi connectivity index (χ1n) is 7.34. The number of carbonyl (C=O) groups excluding carboxylic acids is 1. The van der Waals surface area contributed by atoms with Crippen molar-refractivity contribution in [2.24, 2.45) is 0 Å². The summed E-state index contributed by atoms with van der Waals surface area (Å²) in [7, 11) is 1.93. The molecular formula is C16H21ClN2O. The molecule has 0 spiro atoms. The Balaban J connectivity index is 1.78. The summed E-state index contributed by atoms with van der Waals surface area (Å²) in [5.41, 5.74) is 1.61. The van der Waals surface area contributed by atoms with Crippen molar-refractivity contribution in [3.8, 4) is 0 Å². The first-order valence-corrected chi connectivity index (χ1v) is 7.72. The molecule has 4 heteroatoms. The molecule has 0 aliphatic carbocycles. The summed E-state index contributed by atoms with van der Waals surface area (Å²) in [6, 6.07) is 7.08. The number of nitrogens with one attached hydrogen (secondary N) is 1. The first kappa shape index (κ1) is 13.9. The molecule has 108 valence electrons. The maximum absolute atomic E-state index is 12.7. The normalized spacial score (nSPS) is 28.4. The van der Waals surface area contributed by atoms with Gasteiger partial charge in [-0.1, -0.05) is 17.7 Å². The lowest BCUT2D eigenvalue weighted by molar-refractivity contribution is 0.0681. The fourth-order valence-corrected chi connectivity index (χ4v) is 3.71. The predicted molar refractivity (Wildman–Crippen MR) is 81.3 cm³/mol. The van der Waals surface area contributed by atoms with Crippen LogP contribution >= 0.6 is 11.6 Å². The maximum Gasteiger partial charge on any atom is 0.254 e. The predicted octanol–water partition coefficient (Wildman–Crippen LogP) is 3.00. The molecule has 1 aromatic carbocycles. The van der Waals surface area contributed by atoms with Gasteiger partial charge in [-0.2, -0.15) is 0 Å². The molecule has 2 bridgehead atoms. The number of hydrogen-bond donors (Lipinski definition) is 1. The van der Waals surface area contributed by atoms with E-state index in [1.54, 1.807) is 0 Å². The van der Waals surface area contributed by atoms with Gasteiger partial charge in [0, 0.05) is 35.8 Å². The standard InChI is InChI=1S/C16H21ClN2O/c1-10-14(4-3-5-15(10)17)16(20)19(2)13-8-11-6-7-12(9-13)18-11/h3-5,11-13,18H,6-9H2,1-2H3. The molecule has 1 N–H and O–H groups in total. The monoisotopic (exact) mass is 292 g/mol. The fraction of sp³-hybridized carbons (Fsp3) is 0.562. The van der Waals surface area contributed by atoms with Gasteiger partial charge in [-0.25, -0.2) is 0 Å². The Morgan fingerprint density at radius 3 is 2.60 bits per heavy atom. The van der Waals surface area contributed by atoms with E-state index in [9.17, 15) is 4.79 Å². The van der Waals surface area contributed by atoms with Gasteiger partial charge in [0.05, 0.1) is 0 Å². The number of benzene rings is 1. The molecule has 2 heterocycles. The SMILES string of the molecule is Cc1c(Cl)cccc1C(=O)N(C)C1CC2CCC(C1)N2. The highest BCUT2D eigenvalue weighted by Crippen LogP contribution is 2.30. The van der Waals surface area contributed by atoms with Crippen molar-refractivity contribution >= 4 is 17.5 Å². The third kappa shape index (κ3) is 2.45. The maximum atomic E-state index is 12.7. The minimum Gasteiger partial charge on any atom is -0.339 e. The van der Waals surface area contributed by atoms with Crippen molar-refractivity contribution in [2.45, 2.75) is 50.7 Å². The van der Waals surface area contributed by atoms with E-state index in [0.717, 1.165) is 24.0 Å². The van der Waals surface area contributed by atoms with Crippen LogP contribution in [0.3, 0.4) is 0 Å². The number of carbonyl (C=O) groups is 1. The highest BCUT2D eigenvalue weighted by atomic mass is 35.5. The molecule has 1 amide bonds. The highest BCUT2D eigenvalue weighted by molar-refractivity contribution is 6.31. The Bertz CT molecular complexity index is 519. The van der Waals surface area contributed by atoms with Crippen LogP contribution in [0.15, 0.2) is 18.2 Å². The summed E-state index contributed by atoms with van der Waals surface area (Å²) >= 11 is 6.12. The van der Waals surface area contributed by atoms with Crippen molar-refractivity contribution in [2.75, 3.05) is 7.05 Å². The van der Waals surface area contributed by atoms with Crippen LogP contribution in [-0.2, 0) is 0 Å². The molecule has 2 atom stereocenters. The quantitative estimate of drug-likeness (QED) is 0.909. The van der Waals surface area contributed by atoms with Gasteiger partial charge in [0.2, 0.25) is 0 Å². The fourth-order valence-electron chi connectivity index (χ4n) is 3.54. The van der Waals surface area contributed by atoms with Crippen LogP contribution in [0.1, 0.15) is 41.6 Å². The van der Waals surface area contributed by atoms with Crippen molar-refractivity contribution < 1.29 is 4.79 Å². The van der Waals surface area contributed by atoms with Crippen LogP contribution in [0.2, 0.25) is 5.02 Å². The largest absolute Gasteiger partial charge is 0.339 e. The van der Waals surface area contributed by atoms with Gasteiger partial charge < -0.3 is 10.2 Å². The number of hydrogen-bond acceptors (Lipinski definition) is 2. The van der Waals surface area contributed by atoms with Crippen LogP contribution in [-0.4, -0.2) is 36.0 Å². The summed E-state index contributed by atoms with van der Waals surface area (Å²) in [6.45, 7) is 1.91. The third-order valence-electron chi connectivity index (χ3n) is 4.81. The highest BCUT2D eigenvalue weighted by Gasteiger charge is 2.36. The lowest BCUT2D eigenvalue weighted by atomic mass is 9.97. The van der Waals surface area contributed by atoms with Crippen LogP contribution in [0, 0.1) is 6.92 Å². The van der Waals surface area contributed by atoms with E-state index in [-0.39, 0.29) is 5.91 Å². The Morgan fingerprint density at radius 2 is 1.95 bits per heavy atom. The molecule has 2 aliphatic heterocycles. The van der Waals surface area contributed by atoms with Gasteiger partial charge in [-0.05, 0) is 50.3 Å². The molecular weight excluding hydrogens is 272 g/mol. The topological polar surface area (TPSA) is 32.3 Å². The molecule has 1 aromatic rings. The van der Waals surface area contributed by atoms with Crippen molar-refractivity contribution in [3.05, 3.63) is 34.3 Å². The molecule has 0 aromatic heterocycles. The molecule has 0 radical (unpaired) electrons. The van der Waals surface area contributed by atoms with E-state index < -0.39 is 0 Å². The summed E-state index contributed by atoms with van der Waals surface area (Å²) in [5, 5.41) is 4.28. The molecule has 2 saturated heterocycles. The molecule has 3 rings (SSSR count). The third-order valence-corrected chi connectivity index (χ3v) is 5.22. The molecule has 20 heavy (non-hydrogen) atoms. The molecule has 3 nitrogen and oxygen atoms in total. The Hall–Kier alpha value is -1.06. The summed E-state index contributed by atoms with van der Waals surface area (Å²) < 4.78 is 0.